The van der Waals surface area contributed by atoms with Crippen molar-refractivity contribution in [1.29, 1.82) is 0 Å². The summed E-state index contributed by atoms with van der Waals surface area (Å²) in [6.45, 7) is 4.77. The largest absolute Gasteiger partial charge is 0.490 e. The van der Waals surface area contributed by atoms with Gasteiger partial charge in [-0.2, -0.15) is 4.39 Å². The van der Waals surface area contributed by atoms with E-state index in [1.165, 1.54) is 77.0 Å². The minimum absolute atomic E-state index is 0.0795. The fourth-order valence-electron chi connectivity index (χ4n) is 5.81. The third kappa shape index (κ3) is 6.44. The molecule has 0 N–H and O–H groups in total. The molecule has 0 aliphatic heterocycles. The Morgan fingerprint density at radius 2 is 1.40 bits per heavy atom. The molecular weight excluding hydrogens is 378 g/mol. The lowest BCUT2D eigenvalue weighted by atomic mass is 9.69. The van der Waals surface area contributed by atoms with Crippen molar-refractivity contribution in [3.63, 3.8) is 0 Å². The first kappa shape index (κ1) is 23.5. The molecule has 0 amide bonds. The summed E-state index contributed by atoms with van der Waals surface area (Å²) in [5.74, 6) is 1.79. The van der Waals surface area contributed by atoms with E-state index in [2.05, 4.69) is 6.92 Å². The average Bonchev–Trinajstić information content (AvgIpc) is 2.78. The van der Waals surface area contributed by atoms with E-state index in [0.717, 1.165) is 24.2 Å². The maximum Gasteiger partial charge on any atom is 0.200 e. The number of ether oxygens (including phenoxy) is 1. The molecule has 0 bridgehead atoms. The Hall–Kier alpha value is -1.12. The van der Waals surface area contributed by atoms with Crippen molar-refractivity contribution in [3.05, 3.63) is 29.3 Å². The van der Waals surface area contributed by atoms with Crippen molar-refractivity contribution >= 4 is 0 Å². The van der Waals surface area contributed by atoms with Gasteiger partial charge in [-0.05, 0) is 80.2 Å². The lowest BCUT2D eigenvalue weighted by molar-refractivity contribution is 0.120. The van der Waals surface area contributed by atoms with Crippen molar-refractivity contribution < 1.29 is 13.5 Å². The second-order valence-electron chi connectivity index (χ2n) is 9.97. The Morgan fingerprint density at radius 3 is 2.00 bits per heavy atom. The van der Waals surface area contributed by atoms with E-state index >= 15 is 0 Å². The van der Waals surface area contributed by atoms with Gasteiger partial charge in [0.15, 0.2) is 11.6 Å². The highest BCUT2D eigenvalue weighted by Crippen LogP contribution is 2.42. The van der Waals surface area contributed by atoms with Crippen LogP contribution < -0.4 is 4.74 Å². The summed E-state index contributed by atoms with van der Waals surface area (Å²) in [7, 11) is 0. The van der Waals surface area contributed by atoms with Crippen LogP contribution in [0.3, 0.4) is 0 Å². The Morgan fingerprint density at radius 1 is 0.767 bits per heavy atom. The first-order valence-electron chi connectivity index (χ1n) is 12.7. The second kappa shape index (κ2) is 12.1. The molecule has 3 rings (SSSR count). The molecule has 0 unspecified atom stereocenters. The third-order valence-electron chi connectivity index (χ3n) is 7.79. The van der Waals surface area contributed by atoms with Crippen molar-refractivity contribution in [3.8, 4) is 5.75 Å². The van der Waals surface area contributed by atoms with Gasteiger partial charge in [0, 0.05) is 0 Å². The highest BCUT2D eigenvalue weighted by molar-refractivity contribution is 5.31. The molecule has 1 aromatic carbocycles. The van der Waals surface area contributed by atoms with Crippen LogP contribution in [0.4, 0.5) is 8.78 Å². The molecule has 0 saturated heterocycles. The summed E-state index contributed by atoms with van der Waals surface area (Å²) < 4.78 is 34.1. The van der Waals surface area contributed by atoms with Crippen molar-refractivity contribution in [2.24, 2.45) is 23.7 Å². The zero-order chi connectivity index (χ0) is 21.3. The van der Waals surface area contributed by atoms with Crippen LogP contribution in [0.1, 0.15) is 103 Å². The van der Waals surface area contributed by atoms with E-state index in [4.69, 9.17) is 4.74 Å². The predicted octanol–water partition coefficient (Wildman–Crippen LogP) is 8.49. The topological polar surface area (TPSA) is 9.23 Å². The summed E-state index contributed by atoms with van der Waals surface area (Å²) in [4.78, 5) is 0. The third-order valence-corrected chi connectivity index (χ3v) is 7.79. The number of rotatable bonds is 10. The zero-order valence-electron chi connectivity index (χ0n) is 19.2. The van der Waals surface area contributed by atoms with Crippen LogP contribution in [-0.2, 0) is 6.42 Å². The van der Waals surface area contributed by atoms with Gasteiger partial charge in [0.05, 0.1) is 6.61 Å². The lowest BCUT2D eigenvalue weighted by Crippen LogP contribution is -2.27. The molecule has 0 atom stereocenters. The molecule has 170 valence electrons. The van der Waals surface area contributed by atoms with Crippen molar-refractivity contribution in [1.82, 2.24) is 0 Å². The van der Waals surface area contributed by atoms with Crippen LogP contribution in [0.5, 0.6) is 5.75 Å². The van der Waals surface area contributed by atoms with Gasteiger partial charge < -0.3 is 4.74 Å². The first-order valence-corrected chi connectivity index (χ1v) is 12.7. The molecule has 1 aromatic rings. The van der Waals surface area contributed by atoms with E-state index in [1.54, 1.807) is 12.1 Å². The predicted molar refractivity (Wildman–Crippen MR) is 121 cm³/mol. The average molecular weight is 421 g/mol. The van der Waals surface area contributed by atoms with Gasteiger partial charge >= 0.3 is 0 Å². The Labute approximate surface area is 183 Å². The molecule has 2 aliphatic rings. The molecule has 2 aliphatic carbocycles. The number of halogens is 2. The van der Waals surface area contributed by atoms with Gasteiger partial charge in [0.2, 0.25) is 5.82 Å². The number of unbranched alkanes of at least 4 members (excludes halogenated alkanes) is 2. The SMILES string of the molecule is CCCCC[C@H]1CC[C@H](C2CCC(COc3ccc(CCC)c(F)c3F)CC2)CC1. The number of hydrogen-bond donors (Lipinski definition) is 0. The molecule has 2 saturated carbocycles. The Bertz CT molecular complexity index is 628. The van der Waals surface area contributed by atoms with Gasteiger partial charge in [-0.15, -0.1) is 0 Å². The van der Waals surface area contributed by atoms with Crippen LogP contribution in [0, 0.1) is 35.3 Å². The molecule has 0 radical (unpaired) electrons. The molecule has 2 fully saturated rings. The summed E-state index contributed by atoms with van der Waals surface area (Å²) in [6.07, 6.45) is 17.6. The van der Waals surface area contributed by atoms with Gasteiger partial charge in [-0.1, -0.05) is 64.9 Å². The van der Waals surface area contributed by atoms with Crippen LogP contribution in [0.2, 0.25) is 0 Å². The van der Waals surface area contributed by atoms with E-state index in [0.29, 0.717) is 24.5 Å². The van der Waals surface area contributed by atoms with Crippen LogP contribution in [0.15, 0.2) is 12.1 Å². The molecule has 1 nitrogen and oxygen atoms in total. The van der Waals surface area contributed by atoms with Crippen LogP contribution >= 0.6 is 0 Å². The smallest absolute Gasteiger partial charge is 0.200 e. The standard InChI is InChI=1S/C27H42F2O/c1-3-5-6-8-20-9-13-22(14-10-20)23-15-11-21(12-16-23)19-30-25-18-17-24(7-4-2)26(28)27(25)29/h17-18,20-23H,3-16,19H2,1-2H3/t20-,21?,22-,23?. The Kier molecular flexibility index (Phi) is 9.46. The Balaban J connectivity index is 1.38. The number of aryl methyl sites for hydroxylation is 1. The molecule has 0 spiro atoms. The summed E-state index contributed by atoms with van der Waals surface area (Å²) in [5, 5.41) is 0. The fraction of sp³-hybridized carbons (Fsp3) is 0.778. The highest BCUT2D eigenvalue weighted by atomic mass is 19.2. The van der Waals surface area contributed by atoms with E-state index in [9.17, 15) is 8.78 Å². The minimum atomic E-state index is -0.815. The highest BCUT2D eigenvalue weighted by Gasteiger charge is 2.31. The maximum atomic E-state index is 14.3. The first-order chi connectivity index (χ1) is 14.6. The van der Waals surface area contributed by atoms with Gasteiger partial charge in [0.1, 0.15) is 0 Å². The normalized spacial score (nSPS) is 27.2. The van der Waals surface area contributed by atoms with E-state index in [-0.39, 0.29) is 5.75 Å². The minimum Gasteiger partial charge on any atom is -0.490 e. The quantitative estimate of drug-likeness (QED) is 0.345. The molecule has 30 heavy (non-hydrogen) atoms. The van der Waals surface area contributed by atoms with Crippen LogP contribution in [0.25, 0.3) is 0 Å². The van der Waals surface area contributed by atoms with Crippen LogP contribution in [-0.4, -0.2) is 6.61 Å². The fourth-order valence-corrected chi connectivity index (χ4v) is 5.81. The molecule has 0 heterocycles. The van der Waals surface area contributed by atoms with Gasteiger partial charge in [-0.3, -0.25) is 0 Å². The second-order valence-corrected chi connectivity index (χ2v) is 9.97. The molecular formula is C27H42F2O. The van der Waals surface area contributed by atoms with E-state index < -0.39 is 11.6 Å². The summed E-state index contributed by atoms with van der Waals surface area (Å²) in [5.41, 5.74) is 0.447. The summed E-state index contributed by atoms with van der Waals surface area (Å²) >= 11 is 0. The monoisotopic (exact) mass is 420 g/mol. The summed E-state index contributed by atoms with van der Waals surface area (Å²) in [6, 6.07) is 3.28. The van der Waals surface area contributed by atoms with Crippen molar-refractivity contribution in [2.75, 3.05) is 6.61 Å². The van der Waals surface area contributed by atoms with Gasteiger partial charge in [-0.25, -0.2) is 4.39 Å². The molecule has 3 heteroatoms. The van der Waals surface area contributed by atoms with Gasteiger partial charge in [0.25, 0.3) is 0 Å². The lowest BCUT2D eigenvalue weighted by Gasteiger charge is -2.38. The van der Waals surface area contributed by atoms with E-state index in [1.807, 2.05) is 6.92 Å². The maximum absolute atomic E-state index is 14.3. The number of benzene rings is 1. The number of hydrogen-bond acceptors (Lipinski definition) is 1. The molecule has 0 aromatic heterocycles. The zero-order valence-corrected chi connectivity index (χ0v) is 19.2. The van der Waals surface area contributed by atoms with Crippen molar-refractivity contribution in [2.45, 2.75) is 104 Å².